The standard InChI is InChI=1S/C22H36ClN3O3S/c1-22(2,3)29-21(27)26(5)30-17-19-9-6-8-18(11-12-19)16-28-15-7-10-20(23)25-14-13-24-4/h6-8,11,15,19,24H,9-10,12-14,16-17H2,1-5H3/b15-7?,25-20+/t19-/m0/s1. The first-order valence-electron chi connectivity index (χ1n) is 10.3. The Hall–Kier alpha value is -1.44. The number of amides is 1. The van der Waals surface area contributed by atoms with Crippen LogP contribution in [0.5, 0.6) is 0 Å². The summed E-state index contributed by atoms with van der Waals surface area (Å²) in [6, 6.07) is 0. The Balaban J connectivity index is 2.32. The summed E-state index contributed by atoms with van der Waals surface area (Å²) in [4.78, 5) is 16.3. The zero-order valence-electron chi connectivity index (χ0n) is 18.8. The minimum atomic E-state index is -0.478. The van der Waals surface area contributed by atoms with Gasteiger partial charge in [0.2, 0.25) is 0 Å². The summed E-state index contributed by atoms with van der Waals surface area (Å²) in [5.41, 5.74) is 0.676. The number of nitrogens with one attached hydrogen (secondary N) is 1. The van der Waals surface area contributed by atoms with Crippen molar-refractivity contribution in [2.75, 3.05) is 39.5 Å². The highest BCUT2D eigenvalue weighted by molar-refractivity contribution is 7.97. The molecule has 1 aliphatic carbocycles. The molecule has 0 saturated heterocycles. The molecule has 1 aliphatic rings. The fourth-order valence-corrected chi connectivity index (χ4v) is 3.47. The van der Waals surface area contributed by atoms with Gasteiger partial charge in [0.15, 0.2) is 0 Å². The van der Waals surface area contributed by atoms with E-state index >= 15 is 0 Å². The van der Waals surface area contributed by atoms with Gasteiger partial charge < -0.3 is 14.8 Å². The molecule has 1 N–H and O–H groups in total. The van der Waals surface area contributed by atoms with E-state index in [9.17, 15) is 4.79 Å². The molecule has 30 heavy (non-hydrogen) atoms. The number of rotatable bonds is 11. The van der Waals surface area contributed by atoms with Gasteiger partial charge in [-0.15, -0.1) is 0 Å². The molecule has 1 amide bonds. The van der Waals surface area contributed by atoms with E-state index in [4.69, 9.17) is 21.1 Å². The molecule has 8 heteroatoms. The van der Waals surface area contributed by atoms with Crippen molar-refractivity contribution >= 4 is 34.8 Å². The summed E-state index contributed by atoms with van der Waals surface area (Å²) in [5.74, 6) is 1.33. The van der Waals surface area contributed by atoms with E-state index < -0.39 is 5.60 Å². The molecule has 6 nitrogen and oxygen atoms in total. The number of allylic oxidation sites excluding steroid dienone is 3. The van der Waals surface area contributed by atoms with Crippen molar-refractivity contribution in [3.8, 4) is 0 Å². The third-order valence-corrected chi connectivity index (χ3v) is 5.47. The number of nitrogens with zero attached hydrogens (tertiary/aromatic N) is 2. The minimum Gasteiger partial charge on any atom is -0.497 e. The van der Waals surface area contributed by atoms with E-state index in [1.165, 1.54) is 11.9 Å². The molecule has 0 aromatic carbocycles. The molecule has 0 fully saturated rings. The predicted molar refractivity (Wildman–Crippen MR) is 128 cm³/mol. The van der Waals surface area contributed by atoms with Crippen LogP contribution in [0.2, 0.25) is 0 Å². The van der Waals surface area contributed by atoms with Crippen LogP contribution in [-0.2, 0) is 9.47 Å². The van der Waals surface area contributed by atoms with E-state index in [2.05, 4.69) is 28.5 Å². The highest BCUT2D eigenvalue weighted by atomic mass is 35.5. The molecule has 0 aromatic rings. The molecule has 0 unspecified atom stereocenters. The zero-order valence-corrected chi connectivity index (χ0v) is 20.4. The molecule has 1 atom stereocenters. The molecule has 0 radical (unpaired) electrons. The smallest absolute Gasteiger partial charge is 0.420 e. The van der Waals surface area contributed by atoms with Crippen molar-refractivity contribution in [2.24, 2.45) is 10.9 Å². The summed E-state index contributed by atoms with van der Waals surface area (Å²) in [5, 5.41) is 3.60. The van der Waals surface area contributed by atoms with E-state index in [0.717, 1.165) is 30.7 Å². The van der Waals surface area contributed by atoms with Crippen molar-refractivity contribution in [1.29, 1.82) is 0 Å². The molecule has 1 rings (SSSR count). The maximum Gasteiger partial charge on any atom is 0.420 e. The number of halogens is 1. The second-order valence-electron chi connectivity index (χ2n) is 8.04. The third kappa shape index (κ3) is 13.0. The predicted octanol–water partition coefficient (Wildman–Crippen LogP) is 5.17. The number of carbonyl (C=O) groups excluding carboxylic acids is 1. The fraction of sp³-hybridized carbons (Fsp3) is 0.636. The fourth-order valence-electron chi connectivity index (χ4n) is 2.44. The van der Waals surface area contributed by atoms with Crippen molar-refractivity contribution < 1.29 is 14.3 Å². The van der Waals surface area contributed by atoms with Crippen molar-refractivity contribution in [2.45, 2.75) is 45.6 Å². The Bertz CT molecular complexity index is 642. The summed E-state index contributed by atoms with van der Waals surface area (Å²) < 4.78 is 12.6. The minimum absolute atomic E-state index is 0.305. The topological polar surface area (TPSA) is 63.2 Å². The Morgan fingerprint density at radius 1 is 1.43 bits per heavy atom. The first-order valence-corrected chi connectivity index (χ1v) is 11.6. The summed E-state index contributed by atoms with van der Waals surface area (Å²) in [6.07, 6.45) is 12.3. The van der Waals surface area contributed by atoms with Crippen LogP contribution in [0, 0.1) is 5.92 Å². The van der Waals surface area contributed by atoms with E-state index in [-0.39, 0.29) is 6.09 Å². The molecule has 0 bridgehead atoms. The second kappa shape index (κ2) is 14.5. The van der Waals surface area contributed by atoms with Crippen LogP contribution in [0.4, 0.5) is 4.79 Å². The van der Waals surface area contributed by atoms with Gasteiger partial charge in [0.05, 0.1) is 12.8 Å². The Morgan fingerprint density at radius 3 is 2.90 bits per heavy atom. The quantitative estimate of drug-likeness (QED) is 0.200. The number of hydrogen-bond donors (Lipinski definition) is 1. The maximum absolute atomic E-state index is 12.0. The highest BCUT2D eigenvalue weighted by Gasteiger charge is 2.21. The van der Waals surface area contributed by atoms with Gasteiger partial charge in [0, 0.05) is 25.8 Å². The first kappa shape index (κ1) is 26.6. The lowest BCUT2D eigenvalue weighted by atomic mass is 10.1. The Kier molecular flexibility index (Phi) is 12.9. The SMILES string of the molecule is CNCC/N=C(/Cl)CC=COCC1=CC[C@@H](CSN(C)C(=O)OC(C)(C)C)CC=C1. The van der Waals surface area contributed by atoms with Gasteiger partial charge in [-0.25, -0.2) is 4.79 Å². The first-order chi connectivity index (χ1) is 14.2. The van der Waals surface area contributed by atoms with Crippen LogP contribution < -0.4 is 5.32 Å². The summed E-state index contributed by atoms with van der Waals surface area (Å²) in [7, 11) is 3.64. The number of likely N-dealkylation sites (N-methyl/N-ethyl adjacent to an activating group) is 1. The van der Waals surface area contributed by atoms with Crippen LogP contribution in [0.3, 0.4) is 0 Å². The summed E-state index contributed by atoms with van der Waals surface area (Å²) >= 11 is 7.55. The van der Waals surface area contributed by atoms with Crippen LogP contribution in [0.1, 0.15) is 40.0 Å². The Labute approximate surface area is 190 Å². The largest absolute Gasteiger partial charge is 0.497 e. The van der Waals surface area contributed by atoms with Gasteiger partial charge in [-0.1, -0.05) is 29.8 Å². The number of carbonyl (C=O) groups is 1. The monoisotopic (exact) mass is 457 g/mol. The average molecular weight is 458 g/mol. The van der Waals surface area contributed by atoms with Crippen LogP contribution in [0.15, 0.2) is 41.1 Å². The van der Waals surface area contributed by atoms with E-state index in [1.807, 2.05) is 33.9 Å². The maximum atomic E-state index is 12.0. The van der Waals surface area contributed by atoms with E-state index in [0.29, 0.717) is 30.7 Å². The average Bonchev–Trinajstić information content (AvgIpc) is 2.90. The van der Waals surface area contributed by atoms with Gasteiger partial charge in [-0.3, -0.25) is 9.30 Å². The molecule has 0 saturated carbocycles. The van der Waals surface area contributed by atoms with Crippen molar-refractivity contribution in [3.63, 3.8) is 0 Å². The van der Waals surface area contributed by atoms with Gasteiger partial charge in [0.1, 0.15) is 17.4 Å². The van der Waals surface area contributed by atoms with Gasteiger partial charge in [0.25, 0.3) is 0 Å². The number of hydrogen-bond acceptors (Lipinski definition) is 6. The molecule has 0 spiro atoms. The third-order valence-electron chi connectivity index (χ3n) is 4.04. The molecular weight excluding hydrogens is 422 g/mol. The number of ether oxygens (including phenoxy) is 2. The van der Waals surface area contributed by atoms with Gasteiger partial charge in [-0.2, -0.15) is 0 Å². The summed E-state index contributed by atoms with van der Waals surface area (Å²) in [6.45, 7) is 7.63. The van der Waals surface area contributed by atoms with Crippen molar-refractivity contribution in [3.05, 3.63) is 36.1 Å². The lowest BCUT2D eigenvalue weighted by Crippen LogP contribution is -2.31. The normalized spacial score (nSPS) is 17.6. The highest BCUT2D eigenvalue weighted by Crippen LogP contribution is 2.24. The molecular formula is C22H36ClN3O3S. The second-order valence-corrected chi connectivity index (χ2v) is 9.62. The lowest BCUT2D eigenvalue weighted by Gasteiger charge is -2.24. The van der Waals surface area contributed by atoms with Gasteiger partial charge >= 0.3 is 6.09 Å². The van der Waals surface area contributed by atoms with Crippen LogP contribution >= 0.6 is 23.5 Å². The number of aliphatic imine (C=N–C) groups is 1. The van der Waals surface area contributed by atoms with Crippen LogP contribution in [-0.4, -0.2) is 60.7 Å². The van der Waals surface area contributed by atoms with Crippen molar-refractivity contribution in [1.82, 2.24) is 9.62 Å². The molecule has 170 valence electrons. The van der Waals surface area contributed by atoms with Crippen LogP contribution in [0.25, 0.3) is 0 Å². The van der Waals surface area contributed by atoms with E-state index in [1.54, 1.807) is 17.6 Å². The zero-order chi connectivity index (χ0) is 22.4. The Morgan fingerprint density at radius 2 is 2.20 bits per heavy atom. The molecule has 0 heterocycles. The molecule has 0 aliphatic heterocycles. The lowest BCUT2D eigenvalue weighted by molar-refractivity contribution is 0.0432. The van der Waals surface area contributed by atoms with Gasteiger partial charge in [-0.05, 0) is 70.2 Å². The molecule has 0 aromatic heterocycles.